The smallest absolute Gasteiger partial charge is 0.407 e. The number of aliphatic hydroxyl groups is 1. The maximum Gasteiger partial charge on any atom is 0.407 e. The van der Waals surface area contributed by atoms with Crippen molar-refractivity contribution in [3.63, 3.8) is 0 Å². The van der Waals surface area contributed by atoms with Crippen molar-refractivity contribution in [2.75, 3.05) is 45.3 Å². The highest BCUT2D eigenvalue weighted by Crippen LogP contribution is 2.33. The number of rotatable bonds is 15. The minimum absolute atomic E-state index is 0.0185. The predicted octanol–water partition coefficient (Wildman–Crippen LogP) is 3.60. The number of sulfonamides is 1. The molecule has 2 heterocycles. The Bertz CT molecular complexity index is 1400. The number of anilines is 1. The van der Waals surface area contributed by atoms with E-state index in [-0.39, 0.29) is 49.0 Å². The lowest BCUT2D eigenvalue weighted by molar-refractivity contribution is -0.117. The normalized spacial score (nSPS) is 21.3. The summed E-state index contributed by atoms with van der Waals surface area (Å²) in [7, 11) is -0.444. The minimum Gasteiger partial charge on any atom is -0.443 e. The number of nitrogens with zero attached hydrogens (tertiary/aromatic N) is 2. The van der Waals surface area contributed by atoms with Crippen LogP contribution in [-0.2, 0) is 35.4 Å². The summed E-state index contributed by atoms with van der Waals surface area (Å²) in [5.74, 6) is -0.0333. The van der Waals surface area contributed by atoms with Crippen molar-refractivity contribution in [3.05, 3.63) is 60.2 Å². The molecular weight excluding hydrogens is 598 g/mol. The van der Waals surface area contributed by atoms with E-state index in [1.165, 1.54) is 17.3 Å². The first-order valence-electron chi connectivity index (χ1n) is 15.4. The second-order valence-corrected chi connectivity index (χ2v) is 15.0. The van der Waals surface area contributed by atoms with Crippen LogP contribution in [-0.4, -0.2) is 94.6 Å². The molecule has 2 saturated heterocycles. The highest BCUT2D eigenvalue weighted by Gasteiger charge is 2.44. The van der Waals surface area contributed by atoms with Crippen LogP contribution in [0.3, 0.4) is 0 Å². The first-order valence-corrected chi connectivity index (χ1v) is 16.9. The fourth-order valence-electron chi connectivity index (χ4n) is 5.75. The second kappa shape index (κ2) is 15.0. The number of alkyl carbamates (subject to hydrolysis) is 1. The van der Waals surface area contributed by atoms with Gasteiger partial charge in [0.05, 0.1) is 36.2 Å². The molecule has 0 aromatic heterocycles. The summed E-state index contributed by atoms with van der Waals surface area (Å²) in [4.78, 5) is 26.9. The van der Waals surface area contributed by atoms with Crippen molar-refractivity contribution in [1.29, 1.82) is 0 Å². The van der Waals surface area contributed by atoms with Gasteiger partial charge in [0, 0.05) is 39.3 Å². The Balaban J connectivity index is 1.59. The number of benzene rings is 2. The summed E-state index contributed by atoms with van der Waals surface area (Å²) in [6.07, 6.45) is -1.14. The van der Waals surface area contributed by atoms with E-state index in [4.69, 9.17) is 14.2 Å². The molecule has 1 amide bonds. The van der Waals surface area contributed by atoms with Crippen molar-refractivity contribution in [2.24, 2.45) is 11.3 Å². The topological polar surface area (TPSA) is 135 Å². The number of Topliss-reactive ketones (excluding diaryl/α,β-unsaturated/α-hetero) is 1. The molecule has 2 aliphatic heterocycles. The molecular formula is C33H47N3O8S. The molecule has 4 rings (SSSR count). The van der Waals surface area contributed by atoms with Gasteiger partial charge >= 0.3 is 6.09 Å². The third-order valence-corrected chi connectivity index (χ3v) is 10.2. The van der Waals surface area contributed by atoms with E-state index in [1.807, 2.05) is 69.2 Å². The molecule has 0 radical (unpaired) electrons. The molecule has 0 saturated carbocycles. The lowest BCUT2D eigenvalue weighted by Gasteiger charge is -2.35. The Hall–Kier alpha value is -3.03. The van der Waals surface area contributed by atoms with Crippen LogP contribution in [0.1, 0.15) is 45.6 Å². The average Bonchev–Trinajstić information content (AvgIpc) is 3.61. The van der Waals surface area contributed by atoms with Gasteiger partial charge in [0.15, 0.2) is 6.29 Å². The highest BCUT2D eigenvalue weighted by molar-refractivity contribution is 7.89. The average molecular weight is 646 g/mol. The van der Waals surface area contributed by atoms with Gasteiger partial charge in [0.1, 0.15) is 11.9 Å². The van der Waals surface area contributed by atoms with Crippen molar-refractivity contribution in [2.45, 2.75) is 75.9 Å². The number of hydrogen-bond acceptors (Lipinski definition) is 9. The van der Waals surface area contributed by atoms with E-state index in [0.29, 0.717) is 25.1 Å². The van der Waals surface area contributed by atoms with Crippen molar-refractivity contribution >= 4 is 27.6 Å². The predicted molar refractivity (Wildman–Crippen MR) is 170 cm³/mol. The zero-order valence-corrected chi connectivity index (χ0v) is 27.7. The van der Waals surface area contributed by atoms with Crippen LogP contribution in [0.4, 0.5) is 10.5 Å². The second-order valence-electron chi connectivity index (χ2n) is 13.0. The number of ether oxygens (including phenoxy) is 3. The van der Waals surface area contributed by atoms with E-state index in [2.05, 4.69) is 5.32 Å². The summed E-state index contributed by atoms with van der Waals surface area (Å²) in [6, 6.07) is 15.1. The first kappa shape index (κ1) is 34.8. The largest absolute Gasteiger partial charge is 0.443 e. The lowest BCUT2D eigenvalue weighted by atomic mass is 9.87. The van der Waals surface area contributed by atoms with Crippen LogP contribution in [0.25, 0.3) is 0 Å². The molecule has 0 bridgehead atoms. The fraction of sp³-hybridized carbons (Fsp3) is 0.576. The zero-order chi connectivity index (χ0) is 32.8. The summed E-state index contributed by atoms with van der Waals surface area (Å²) in [5, 5.41) is 14.5. The van der Waals surface area contributed by atoms with Crippen molar-refractivity contribution in [3.8, 4) is 0 Å². The summed E-state index contributed by atoms with van der Waals surface area (Å²) < 4.78 is 46.5. The molecule has 248 valence electrons. The van der Waals surface area contributed by atoms with Gasteiger partial charge in [-0.25, -0.2) is 13.2 Å². The van der Waals surface area contributed by atoms with Crippen molar-refractivity contribution < 1.29 is 37.3 Å². The van der Waals surface area contributed by atoms with Gasteiger partial charge in [-0.2, -0.15) is 4.31 Å². The summed E-state index contributed by atoms with van der Waals surface area (Å²) in [5.41, 5.74) is 0.983. The molecule has 45 heavy (non-hydrogen) atoms. The van der Waals surface area contributed by atoms with Crippen LogP contribution < -0.4 is 10.2 Å². The molecule has 0 spiro atoms. The standard InChI is InChI=1S/C33H47N3O8S/c1-23(37)14-16-33(2,3)22-36(45(40,41)26-13-9-12-25(19-26)35(4)5)20-29(38)28(18-24-10-7-6-8-11-24)34-32(39)44-30-21-43-31-27(30)15-17-42-31/h6-13,19,27-31,38H,14-18,20-22H2,1-5H3,(H,34,39)/t27-,28-,29+,30-,31+/m0/s1. The maximum atomic E-state index is 14.2. The van der Waals surface area contributed by atoms with E-state index >= 15 is 0 Å². The van der Waals surface area contributed by atoms with Crippen LogP contribution in [0.15, 0.2) is 59.5 Å². The van der Waals surface area contributed by atoms with E-state index < -0.39 is 39.8 Å². The van der Waals surface area contributed by atoms with Crippen LogP contribution in [0.2, 0.25) is 0 Å². The third kappa shape index (κ3) is 9.49. The third-order valence-electron chi connectivity index (χ3n) is 8.43. The molecule has 0 aliphatic carbocycles. The molecule has 11 nitrogen and oxygen atoms in total. The Morgan fingerprint density at radius 3 is 2.53 bits per heavy atom. The molecule has 5 atom stereocenters. The number of fused-ring (bicyclic) bond motifs is 1. The Morgan fingerprint density at radius 2 is 1.84 bits per heavy atom. The SMILES string of the molecule is CC(=O)CCC(C)(C)CN(C[C@@H](O)[C@H](Cc1ccccc1)NC(=O)O[C@H]1CO[C@H]2OCC[C@H]21)S(=O)(=O)c1cccc(N(C)C)c1. The molecule has 12 heteroatoms. The van der Waals surface area contributed by atoms with Crippen LogP contribution >= 0.6 is 0 Å². The van der Waals surface area contributed by atoms with Crippen LogP contribution in [0.5, 0.6) is 0 Å². The van der Waals surface area contributed by atoms with Gasteiger partial charge in [-0.1, -0.05) is 50.2 Å². The van der Waals surface area contributed by atoms with Gasteiger partial charge < -0.3 is 34.3 Å². The number of ketones is 1. The Morgan fingerprint density at radius 1 is 1.11 bits per heavy atom. The minimum atomic E-state index is -4.10. The number of nitrogens with one attached hydrogen (secondary N) is 1. The summed E-state index contributed by atoms with van der Waals surface area (Å²) in [6.45, 7) is 5.84. The molecule has 2 aromatic carbocycles. The highest BCUT2D eigenvalue weighted by atomic mass is 32.2. The lowest BCUT2D eigenvalue weighted by Crippen LogP contribution is -2.52. The van der Waals surface area contributed by atoms with Gasteiger partial charge in [0.25, 0.3) is 0 Å². The van der Waals surface area contributed by atoms with Crippen molar-refractivity contribution in [1.82, 2.24) is 9.62 Å². The quantitative estimate of drug-likeness (QED) is 0.298. The Labute approximate surface area is 266 Å². The first-order chi connectivity index (χ1) is 21.2. The number of carbonyl (C=O) groups excluding carboxylic acids is 2. The van der Waals surface area contributed by atoms with Gasteiger partial charge in [-0.05, 0) is 55.4 Å². The van der Waals surface area contributed by atoms with E-state index in [9.17, 15) is 23.1 Å². The van der Waals surface area contributed by atoms with Gasteiger partial charge in [0.2, 0.25) is 10.0 Å². The molecule has 2 aliphatic rings. The number of carbonyl (C=O) groups is 2. The van der Waals surface area contributed by atoms with Crippen LogP contribution in [0, 0.1) is 11.3 Å². The maximum absolute atomic E-state index is 14.2. The molecule has 0 unspecified atom stereocenters. The van der Waals surface area contributed by atoms with E-state index in [1.54, 1.807) is 12.1 Å². The van der Waals surface area contributed by atoms with E-state index in [0.717, 1.165) is 12.0 Å². The molecule has 2 N–H and O–H groups in total. The monoisotopic (exact) mass is 645 g/mol. The Kier molecular flexibility index (Phi) is 11.6. The zero-order valence-electron chi connectivity index (χ0n) is 26.8. The van der Waals surface area contributed by atoms with Gasteiger partial charge in [-0.3, -0.25) is 0 Å². The molecule has 2 aromatic rings. The van der Waals surface area contributed by atoms with Gasteiger partial charge in [-0.15, -0.1) is 0 Å². The summed E-state index contributed by atoms with van der Waals surface area (Å²) >= 11 is 0. The number of hydrogen-bond donors (Lipinski definition) is 2. The molecule has 2 fully saturated rings. The number of amides is 1. The number of aliphatic hydroxyl groups excluding tert-OH is 1. The fourth-order valence-corrected chi connectivity index (χ4v) is 7.43.